The van der Waals surface area contributed by atoms with Gasteiger partial charge < -0.3 is 19.7 Å². The SMILES string of the molecule is COc1cccc(NC(=O)CN(C)C(=O)COC(=O)c2ccc(C)cc2C)c1. The molecule has 7 nitrogen and oxygen atoms in total. The number of anilines is 1. The minimum Gasteiger partial charge on any atom is -0.497 e. The molecule has 2 rings (SSSR count). The maximum absolute atomic E-state index is 12.2. The fraction of sp³-hybridized carbons (Fsp3) is 0.286. The van der Waals surface area contributed by atoms with Gasteiger partial charge in [-0.2, -0.15) is 0 Å². The normalized spacial score (nSPS) is 10.1. The zero-order valence-corrected chi connectivity index (χ0v) is 16.4. The predicted molar refractivity (Wildman–Crippen MR) is 105 cm³/mol. The molecule has 0 unspecified atom stereocenters. The second-order valence-corrected chi connectivity index (χ2v) is 6.42. The first-order valence-electron chi connectivity index (χ1n) is 8.72. The van der Waals surface area contributed by atoms with Crippen LogP contribution in [-0.4, -0.2) is 50.0 Å². The third-order valence-corrected chi connectivity index (χ3v) is 4.09. The Hall–Kier alpha value is -3.35. The maximum Gasteiger partial charge on any atom is 0.338 e. The van der Waals surface area contributed by atoms with Crippen LogP contribution in [0.5, 0.6) is 5.75 Å². The van der Waals surface area contributed by atoms with Crippen molar-refractivity contribution < 1.29 is 23.9 Å². The molecule has 0 spiro atoms. The number of benzene rings is 2. The third kappa shape index (κ3) is 5.84. The van der Waals surface area contributed by atoms with Crippen molar-refractivity contribution in [1.82, 2.24) is 4.90 Å². The van der Waals surface area contributed by atoms with E-state index in [1.54, 1.807) is 43.3 Å². The number of esters is 1. The molecule has 2 aromatic carbocycles. The fourth-order valence-electron chi connectivity index (χ4n) is 2.56. The number of carbonyl (C=O) groups excluding carboxylic acids is 3. The molecule has 0 atom stereocenters. The molecule has 0 heterocycles. The molecule has 0 aliphatic carbocycles. The summed E-state index contributed by atoms with van der Waals surface area (Å²) < 4.78 is 10.2. The van der Waals surface area contributed by atoms with Gasteiger partial charge in [0.05, 0.1) is 19.2 Å². The number of nitrogens with one attached hydrogen (secondary N) is 1. The smallest absolute Gasteiger partial charge is 0.338 e. The van der Waals surface area contributed by atoms with Crippen LogP contribution in [0.25, 0.3) is 0 Å². The molecule has 0 saturated carbocycles. The number of methoxy groups -OCH3 is 1. The molecule has 0 aromatic heterocycles. The van der Waals surface area contributed by atoms with Crippen LogP contribution in [0.1, 0.15) is 21.5 Å². The lowest BCUT2D eigenvalue weighted by Gasteiger charge is -2.17. The van der Waals surface area contributed by atoms with E-state index in [1.165, 1.54) is 19.1 Å². The van der Waals surface area contributed by atoms with E-state index in [0.29, 0.717) is 17.0 Å². The Labute approximate surface area is 164 Å². The maximum atomic E-state index is 12.2. The highest BCUT2D eigenvalue weighted by Gasteiger charge is 2.17. The summed E-state index contributed by atoms with van der Waals surface area (Å²) in [7, 11) is 3.01. The lowest BCUT2D eigenvalue weighted by atomic mass is 10.1. The Morgan fingerprint density at radius 1 is 1.07 bits per heavy atom. The molecule has 2 amide bonds. The summed E-state index contributed by atoms with van der Waals surface area (Å²) in [5, 5.41) is 2.69. The van der Waals surface area contributed by atoms with Gasteiger partial charge in [0.1, 0.15) is 5.75 Å². The van der Waals surface area contributed by atoms with E-state index in [4.69, 9.17) is 9.47 Å². The van der Waals surface area contributed by atoms with Crippen molar-refractivity contribution in [2.24, 2.45) is 0 Å². The molecule has 0 aliphatic rings. The number of likely N-dealkylation sites (N-methyl/N-ethyl adjacent to an activating group) is 1. The monoisotopic (exact) mass is 384 g/mol. The Morgan fingerprint density at radius 3 is 2.50 bits per heavy atom. The second-order valence-electron chi connectivity index (χ2n) is 6.42. The zero-order valence-electron chi connectivity index (χ0n) is 16.4. The first-order chi connectivity index (χ1) is 13.3. The van der Waals surface area contributed by atoms with E-state index in [2.05, 4.69) is 5.32 Å². The Kier molecular flexibility index (Phi) is 7.14. The van der Waals surface area contributed by atoms with Crippen LogP contribution in [0.2, 0.25) is 0 Å². The van der Waals surface area contributed by atoms with Crippen molar-refractivity contribution in [1.29, 1.82) is 0 Å². The standard InChI is InChI=1S/C21H24N2O5/c1-14-8-9-18(15(2)10-14)21(26)28-13-20(25)23(3)12-19(24)22-16-6-5-7-17(11-16)27-4/h5-11H,12-13H2,1-4H3,(H,22,24). The van der Waals surface area contributed by atoms with Crippen molar-refractivity contribution in [2.45, 2.75) is 13.8 Å². The van der Waals surface area contributed by atoms with E-state index in [1.807, 2.05) is 13.0 Å². The first-order valence-corrected chi connectivity index (χ1v) is 8.72. The predicted octanol–water partition coefficient (Wildman–Crippen LogP) is 2.57. The lowest BCUT2D eigenvalue weighted by Crippen LogP contribution is -2.37. The van der Waals surface area contributed by atoms with Crippen molar-refractivity contribution >= 4 is 23.5 Å². The topological polar surface area (TPSA) is 84.9 Å². The summed E-state index contributed by atoms with van der Waals surface area (Å²) in [5.41, 5.74) is 2.79. The molecule has 0 saturated heterocycles. The van der Waals surface area contributed by atoms with Gasteiger partial charge in [0.2, 0.25) is 5.91 Å². The molecule has 28 heavy (non-hydrogen) atoms. The van der Waals surface area contributed by atoms with Crippen LogP contribution in [0.3, 0.4) is 0 Å². The van der Waals surface area contributed by atoms with Crippen molar-refractivity contribution in [3.05, 3.63) is 59.2 Å². The number of hydrogen-bond acceptors (Lipinski definition) is 5. The van der Waals surface area contributed by atoms with Gasteiger partial charge in [-0.3, -0.25) is 9.59 Å². The van der Waals surface area contributed by atoms with Gasteiger partial charge in [0, 0.05) is 18.8 Å². The highest BCUT2D eigenvalue weighted by molar-refractivity contribution is 5.96. The molecule has 1 N–H and O–H groups in total. The van der Waals surface area contributed by atoms with Gasteiger partial charge in [-0.25, -0.2) is 4.79 Å². The second kappa shape index (κ2) is 9.55. The summed E-state index contributed by atoms with van der Waals surface area (Å²) in [6.07, 6.45) is 0. The molecule has 7 heteroatoms. The highest BCUT2D eigenvalue weighted by atomic mass is 16.5. The number of nitrogens with zero attached hydrogens (tertiary/aromatic N) is 1. The van der Waals surface area contributed by atoms with E-state index in [0.717, 1.165) is 11.1 Å². The number of rotatable bonds is 7. The van der Waals surface area contributed by atoms with E-state index < -0.39 is 18.5 Å². The summed E-state index contributed by atoms with van der Waals surface area (Å²) in [6.45, 7) is 3.13. The molecule has 0 fully saturated rings. The quantitative estimate of drug-likeness (QED) is 0.742. The van der Waals surface area contributed by atoms with Gasteiger partial charge >= 0.3 is 5.97 Å². The summed E-state index contributed by atoms with van der Waals surface area (Å²) in [6, 6.07) is 12.2. The van der Waals surface area contributed by atoms with Gasteiger partial charge in [-0.15, -0.1) is 0 Å². The largest absolute Gasteiger partial charge is 0.497 e. The minimum atomic E-state index is -0.569. The molecule has 0 bridgehead atoms. The molecule has 0 aliphatic heterocycles. The number of aryl methyl sites for hydroxylation is 2. The number of carbonyl (C=O) groups is 3. The highest BCUT2D eigenvalue weighted by Crippen LogP contribution is 2.16. The van der Waals surface area contributed by atoms with Gasteiger partial charge in [-0.1, -0.05) is 23.8 Å². The Bertz CT molecular complexity index is 879. The zero-order chi connectivity index (χ0) is 20.7. The van der Waals surface area contributed by atoms with Crippen molar-refractivity contribution in [2.75, 3.05) is 32.6 Å². The van der Waals surface area contributed by atoms with Crippen LogP contribution in [-0.2, 0) is 14.3 Å². The van der Waals surface area contributed by atoms with Crippen molar-refractivity contribution in [3.63, 3.8) is 0 Å². The summed E-state index contributed by atoms with van der Waals surface area (Å²) >= 11 is 0. The summed E-state index contributed by atoms with van der Waals surface area (Å²) in [4.78, 5) is 37.6. The lowest BCUT2D eigenvalue weighted by molar-refractivity contribution is -0.136. The first kappa shape index (κ1) is 21.0. The van der Waals surface area contributed by atoms with Crippen molar-refractivity contribution in [3.8, 4) is 5.75 Å². The van der Waals surface area contributed by atoms with Crippen LogP contribution in [0.15, 0.2) is 42.5 Å². The Morgan fingerprint density at radius 2 is 1.82 bits per heavy atom. The van der Waals surface area contributed by atoms with E-state index in [9.17, 15) is 14.4 Å². The molecular weight excluding hydrogens is 360 g/mol. The molecule has 0 radical (unpaired) electrons. The van der Waals surface area contributed by atoms with Gasteiger partial charge in [0.15, 0.2) is 6.61 Å². The van der Waals surface area contributed by atoms with Crippen LogP contribution in [0.4, 0.5) is 5.69 Å². The molecule has 148 valence electrons. The summed E-state index contributed by atoms with van der Waals surface area (Å²) in [5.74, 6) is -0.802. The van der Waals surface area contributed by atoms with Crippen LogP contribution < -0.4 is 10.1 Å². The van der Waals surface area contributed by atoms with E-state index >= 15 is 0 Å². The Balaban J connectivity index is 1.84. The molecular formula is C21H24N2O5. The minimum absolute atomic E-state index is 0.169. The number of amides is 2. The van der Waals surface area contributed by atoms with Crippen LogP contribution >= 0.6 is 0 Å². The third-order valence-electron chi connectivity index (χ3n) is 4.09. The van der Waals surface area contributed by atoms with Crippen LogP contribution in [0, 0.1) is 13.8 Å². The average Bonchev–Trinajstić information content (AvgIpc) is 2.65. The number of hydrogen-bond donors (Lipinski definition) is 1. The average molecular weight is 384 g/mol. The van der Waals surface area contributed by atoms with Gasteiger partial charge in [0.25, 0.3) is 5.91 Å². The number of ether oxygens (including phenoxy) is 2. The fourth-order valence-corrected chi connectivity index (χ4v) is 2.56. The van der Waals surface area contributed by atoms with Gasteiger partial charge in [-0.05, 0) is 37.6 Å². The van der Waals surface area contributed by atoms with E-state index in [-0.39, 0.29) is 12.5 Å². The molecule has 2 aromatic rings.